The van der Waals surface area contributed by atoms with E-state index in [2.05, 4.69) is 34.9 Å². The van der Waals surface area contributed by atoms with Crippen LogP contribution in [0.5, 0.6) is 0 Å². The number of ether oxygens (including phenoxy) is 1. The average molecular weight is 479 g/mol. The molecule has 2 aliphatic carbocycles. The van der Waals surface area contributed by atoms with E-state index in [1.54, 1.807) is 0 Å². The molecule has 0 spiro atoms. The molecule has 3 N–H and O–H groups in total. The van der Waals surface area contributed by atoms with Gasteiger partial charge in [-0.3, -0.25) is 9.59 Å². The predicted octanol–water partition coefficient (Wildman–Crippen LogP) is 4.56. The summed E-state index contributed by atoms with van der Waals surface area (Å²) in [5, 5.41) is 15.1. The van der Waals surface area contributed by atoms with Crippen LogP contribution >= 0.6 is 0 Å². The Kier molecular flexibility index (Phi) is 7.73. The zero-order valence-corrected chi connectivity index (χ0v) is 20.3. The van der Waals surface area contributed by atoms with Crippen molar-refractivity contribution in [1.82, 2.24) is 10.6 Å². The normalized spacial score (nSPS) is 19.6. The maximum Gasteiger partial charge on any atom is 0.407 e. The van der Waals surface area contributed by atoms with E-state index < -0.39 is 23.9 Å². The van der Waals surface area contributed by atoms with Crippen LogP contribution in [-0.2, 0) is 14.3 Å². The van der Waals surface area contributed by atoms with Crippen molar-refractivity contribution in [2.45, 2.75) is 51.5 Å². The van der Waals surface area contributed by atoms with Crippen LogP contribution in [0.4, 0.5) is 4.79 Å². The van der Waals surface area contributed by atoms with Crippen LogP contribution < -0.4 is 10.6 Å². The molecule has 186 valence electrons. The lowest BCUT2D eigenvalue weighted by molar-refractivity contribution is -0.142. The molecule has 0 radical (unpaired) electrons. The first-order valence-electron chi connectivity index (χ1n) is 12.5. The van der Waals surface area contributed by atoms with E-state index in [9.17, 15) is 19.5 Å². The number of aliphatic carboxylic acids is 1. The summed E-state index contributed by atoms with van der Waals surface area (Å²) in [5.74, 6) is -1.87. The minimum absolute atomic E-state index is 0.0294. The fourth-order valence-corrected chi connectivity index (χ4v) is 5.44. The van der Waals surface area contributed by atoms with Crippen molar-refractivity contribution in [3.8, 4) is 11.1 Å². The standard InChI is InChI=1S/C28H34N2O5/c1-17(2)14-18(26(31)30-25-13-7-12-23(25)27(32)33)15-29-28(34)35-16-24-21-10-5-3-8-19(21)20-9-4-6-11-22(20)24/h3-6,8-11,17-18,23-25H,7,12-16H2,1-2H3,(H,29,34)(H,30,31)(H,32,33). The topological polar surface area (TPSA) is 105 Å². The number of carbonyl (C=O) groups is 3. The highest BCUT2D eigenvalue weighted by molar-refractivity contribution is 5.81. The van der Waals surface area contributed by atoms with Crippen LogP contribution in [0, 0.1) is 17.8 Å². The maximum atomic E-state index is 13.0. The van der Waals surface area contributed by atoms with Crippen LogP contribution in [0.25, 0.3) is 11.1 Å². The molecule has 2 aliphatic rings. The Balaban J connectivity index is 1.34. The number of carbonyl (C=O) groups excluding carboxylic acids is 2. The van der Waals surface area contributed by atoms with Gasteiger partial charge >= 0.3 is 12.1 Å². The molecule has 0 aromatic heterocycles. The predicted molar refractivity (Wildman–Crippen MR) is 133 cm³/mol. The summed E-state index contributed by atoms with van der Waals surface area (Å²) in [6.45, 7) is 4.39. The molecule has 1 fully saturated rings. The molecule has 7 heteroatoms. The van der Waals surface area contributed by atoms with Crippen molar-refractivity contribution < 1.29 is 24.2 Å². The third kappa shape index (κ3) is 5.66. The Morgan fingerprint density at radius 3 is 2.23 bits per heavy atom. The smallest absolute Gasteiger partial charge is 0.407 e. The molecular formula is C28H34N2O5. The second-order valence-corrected chi connectivity index (χ2v) is 10.0. The van der Waals surface area contributed by atoms with Crippen LogP contribution in [0.1, 0.15) is 56.6 Å². The van der Waals surface area contributed by atoms with Gasteiger partial charge in [-0.2, -0.15) is 0 Å². The summed E-state index contributed by atoms with van der Waals surface area (Å²) in [5.41, 5.74) is 4.61. The number of carboxylic acid groups (broad SMARTS) is 1. The third-order valence-corrected chi connectivity index (χ3v) is 7.12. The first-order valence-corrected chi connectivity index (χ1v) is 12.5. The van der Waals surface area contributed by atoms with Crippen molar-refractivity contribution in [1.29, 1.82) is 0 Å². The molecule has 2 amide bonds. The second kappa shape index (κ2) is 10.9. The fourth-order valence-electron chi connectivity index (χ4n) is 5.44. The number of nitrogens with one attached hydrogen (secondary N) is 2. The monoisotopic (exact) mass is 478 g/mol. The first-order chi connectivity index (χ1) is 16.8. The van der Waals surface area contributed by atoms with E-state index in [0.29, 0.717) is 19.3 Å². The van der Waals surface area contributed by atoms with Gasteiger partial charge in [0.2, 0.25) is 5.91 Å². The molecule has 2 aromatic rings. The van der Waals surface area contributed by atoms with Gasteiger partial charge in [-0.25, -0.2) is 4.79 Å². The first kappa shape index (κ1) is 24.8. The summed E-state index contributed by atoms with van der Waals surface area (Å²) in [6.07, 6.45) is 2.05. The van der Waals surface area contributed by atoms with Gasteiger partial charge in [-0.15, -0.1) is 0 Å². The van der Waals surface area contributed by atoms with E-state index in [-0.39, 0.29) is 36.9 Å². The Hall–Kier alpha value is -3.35. The molecule has 7 nitrogen and oxygen atoms in total. The van der Waals surface area contributed by atoms with E-state index in [0.717, 1.165) is 28.7 Å². The number of rotatable bonds is 9. The van der Waals surface area contributed by atoms with E-state index in [1.165, 1.54) is 0 Å². The van der Waals surface area contributed by atoms with Gasteiger partial charge in [-0.05, 0) is 47.4 Å². The van der Waals surface area contributed by atoms with Gasteiger partial charge in [-0.1, -0.05) is 68.8 Å². The lowest BCUT2D eigenvalue weighted by atomic mass is 9.95. The van der Waals surface area contributed by atoms with Crippen molar-refractivity contribution in [2.75, 3.05) is 13.2 Å². The van der Waals surface area contributed by atoms with Gasteiger partial charge in [0, 0.05) is 18.5 Å². The number of fused-ring (bicyclic) bond motifs is 3. The molecule has 2 aromatic carbocycles. The lowest BCUT2D eigenvalue weighted by Gasteiger charge is -2.24. The molecule has 3 unspecified atom stereocenters. The minimum Gasteiger partial charge on any atom is -0.481 e. The quantitative estimate of drug-likeness (QED) is 0.490. The summed E-state index contributed by atoms with van der Waals surface area (Å²) >= 11 is 0. The average Bonchev–Trinajstić information content (AvgIpc) is 3.43. The van der Waals surface area contributed by atoms with Crippen molar-refractivity contribution >= 4 is 18.0 Å². The van der Waals surface area contributed by atoms with Crippen LogP contribution in [-0.4, -0.2) is 42.3 Å². The zero-order chi connectivity index (χ0) is 24.9. The lowest BCUT2D eigenvalue weighted by Crippen LogP contribution is -2.46. The van der Waals surface area contributed by atoms with E-state index >= 15 is 0 Å². The Morgan fingerprint density at radius 2 is 1.63 bits per heavy atom. The van der Waals surface area contributed by atoms with Crippen LogP contribution in [0.2, 0.25) is 0 Å². The Bertz CT molecular complexity index is 1040. The SMILES string of the molecule is CC(C)CC(CNC(=O)OCC1c2ccccc2-c2ccccc21)C(=O)NC1CCCC1C(=O)O. The number of amides is 2. The highest BCUT2D eigenvalue weighted by Gasteiger charge is 2.35. The van der Waals surface area contributed by atoms with E-state index in [4.69, 9.17) is 4.74 Å². The molecular weight excluding hydrogens is 444 g/mol. The van der Waals surface area contributed by atoms with Crippen molar-refractivity contribution in [3.05, 3.63) is 59.7 Å². The molecule has 3 atom stereocenters. The largest absolute Gasteiger partial charge is 0.481 e. The summed E-state index contributed by atoms with van der Waals surface area (Å²) in [4.78, 5) is 37.0. The highest BCUT2D eigenvalue weighted by Crippen LogP contribution is 2.44. The summed E-state index contributed by atoms with van der Waals surface area (Å²) in [6, 6.07) is 16.0. The molecule has 0 saturated heterocycles. The van der Waals surface area contributed by atoms with Crippen LogP contribution in [0.15, 0.2) is 48.5 Å². The number of hydrogen-bond donors (Lipinski definition) is 3. The molecule has 35 heavy (non-hydrogen) atoms. The van der Waals surface area contributed by atoms with Gasteiger partial charge in [0.05, 0.1) is 11.8 Å². The fraction of sp³-hybridized carbons (Fsp3) is 0.464. The summed E-state index contributed by atoms with van der Waals surface area (Å²) < 4.78 is 5.60. The van der Waals surface area contributed by atoms with Gasteiger partial charge < -0.3 is 20.5 Å². The van der Waals surface area contributed by atoms with Crippen molar-refractivity contribution in [2.24, 2.45) is 17.8 Å². The van der Waals surface area contributed by atoms with E-state index in [1.807, 2.05) is 38.1 Å². The molecule has 1 saturated carbocycles. The minimum atomic E-state index is -0.870. The van der Waals surface area contributed by atoms with Crippen LogP contribution in [0.3, 0.4) is 0 Å². The number of carboxylic acids is 1. The number of hydrogen-bond acceptors (Lipinski definition) is 4. The molecule has 0 bridgehead atoms. The van der Waals surface area contributed by atoms with Gasteiger partial charge in [0.15, 0.2) is 0 Å². The van der Waals surface area contributed by atoms with Gasteiger partial charge in [0.25, 0.3) is 0 Å². The maximum absolute atomic E-state index is 13.0. The highest BCUT2D eigenvalue weighted by atomic mass is 16.5. The zero-order valence-electron chi connectivity index (χ0n) is 20.3. The Labute approximate surface area is 206 Å². The molecule has 4 rings (SSSR count). The number of alkyl carbamates (subject to hydrolysis) is 1. The third-order valence-electron chi connectivity index (χ3n) is 7.12. The second-order valence-electron chi connectivity index (χ2n) is 10.0. The molecule has 0 heterocycles. The Morgan fingerprint density at radius 1 is 1.00 bits per heavy atom. The summed E-state index contributed by atoms with van der Waals surface area (Å²) in [7, 11) is 0. The molecule has 0 aliphatic heterocycles. The van der Waals surface area contributed by atoms with Gasteiger partial charge in [0.1, 0.15) is 6.61 Å². The number of benzene rings is 2. The van der Waals surface area contributed by atoms with Crippen molar-refractivity contribution in [3.63, 3.8) is 0 Å².